The van der Waals surface area contributed by atoms with Crippen molar-refractivity contribution in [2.75, 3.05) is 27.2 Å². The second kappa shape index (κ2) is 7.77. The summed E-state index contributed by atoms with van der Waals surface area (Å²) in [6.45, 7) is 3.60. The van der Waals surface area contributed by atoms with Crippen LogP contribution in [0.1, 0.15) is 12.5 Å². The summed E-state index contributed by atoms with van der Waals surface area (Å²) >= 11 is 3.34. The van der Waals surface area contributed by atoms with Gasteiger partial charge in [0.15, 0.2) is 5.96 Å². The third kappa shape index (κ3) is 4.22. The molecule has 126 valence electrons. The lowest BCUT2D eigenvalue weighted by Crippen LogP contribution is -2.40. The van der Waals surface area contributed by atoms with Crippen LogP contribution in [0.15, 0.2) is 27.7 Å². The largest absolute Gasteiger partial charge is 0.469 e. The molecular weight excluding hydrogens is 365 g/mol. The van der Waals surface area contributed by atoms with E-state index in [9.17, 15) is 9.18 Å². The molecule has 1 heterocycles. The van der Waals surface area contributed by atoms with E-state index in [0.717, 1.165) is 4.47 Å². The molecule has 0 amide bonds. The number of nitrogens with zero attached hydrogens (tertiary/aromatic N) is 2. The van der Waals surface area contributed by atoms with Crippen LogP contribution in [0.5, 0.6) is 0 Å². The maximum atomic E-state index is 13.8. The minimum Gasteiger partial charge on any atom is -0.469 e. The second-order valence-corrected chi connectivity index (χ2v) is 6.56. The second-order valence-electron chi connectivity index (χ2n) is 5.65. The number of guanidine groups is 1. The zero-order valence-corrected chi connectivity index (χ0v) is 15.1. The number of likely N-dealkylation sites (tertiary alicyclic amines) is 1. The molecule has 1 aromatic rings. The number of esters is 1. The summed E-state index contributed by atoms with van der Waals surface area (Å²) in [6.07, 6.45) is 0. The first kappa shape index (κ1) is 17.7. The van der Waals surface area contributed by atoms with Gasteiger partial charge in [-0.2, -0.15) is 0 Å². The highest BCUT2D eigenvalue weighted by molar-refractivity contribution is 9.10. The molecule has 1 fully saturated rings. The van der Waals surface area contributed by atoms with Crippen LogP contribution in [0.3, 0.4) is 0 Å². The van der Waals surface area contributed by atoms with Gasteiger partial charge in [-0.25, -0.2) is 4.39 Å². The quantitative estimate of drug-likeness (QED) is 0.493. The number of carbonyl (C=O) groups excluding carboxylic acids is 1. The molecule has 5 nitrogen and oxygen atoms in total. The third-order valence-corrected chi connectivity index (χ3v) is 4.57. The van der Waals surface area contributed by atoms with Gasteiger partial charge in [0.25, 0.3) is 0 Å². The van der Waals surface area contributed by atoms with Crippen LogP contribution < -0.4 is 5.32 Å². The number of hydrogen-bond acceptors (Lipinski definition) is 3. The van der Waals surface area contributed by atoms with Crippen LogP contribution in [-0.4, -0.2) is 44.1 Å². The first-order valence-electron chi connectivity index (χ1n) is 7.43. The number of halogens is 2. The molecule has 1 aliphatic heterocycles. The Morgan fingerprint density at radius 1 is 1.52 bits per heavy atom. The Bertz CT molecular complexity index is 609. The van der Waals surface area contributed by atoms with Crippen molar-refractivity contribution in [3.8, 4) is 0 Å². The van der Waals surface area contributed by atoms with Gasteiger partial charge in [0, 0.05) is 36.7 Å². The number of aliphatic imine (C=N–C) groups is 1. The average Bonchev–Trinajstić information content (AvgIpc) is 2.92. The molecule has 1 aliphatic rings. The van der Waals surface area contributed by atoms with Crippen molar-refractivity contribution in [1.29, 1.82) is 0 Å². The molecule has 1 saturated heterocycles. The van der Waals surface area contributed by atoms with E-state index in [-0.39, 0.29) is 23.6 Å². The normalized spacial score (nSPS) is 21.4. The fourth-order valence-electron chi connectivity index (χ4n) is 2.78. The fraction of sp³-hybridized carbons (Fsp3) is 0.500. The van der Waals surface area contributed by atoms with Crippen LogP contribution >= 0.6 is 15.9 Å². The Morgan fingerprint density at radius 2 is 2.26 bits per heavy atom. The Labute approximate surface area is 144 Å². The molecule has 0 aliphatic carbocycles. The molecule has 0 saturated carbocycles. The molecule has 0 aromatic heterocycles. The van der Waals surface area contributed by atoms with Crippen LogP contribution in [0.25, 0.3) is 0 Å². The number of carbonyl (C=O) groups is 1. The highest BCUT2D eigenvalue weighted by Crippen LogP contribution is 2.24. The monoisotopic (exact) mass is 385 g/mol. The Balaban J connectivity index is 2.01. The minimum absolute atomic E-state index is 0.166. The molecule has 23 heavy (non-hydrogen) atoms. The van der Waals surface area contributed by atoms with Gasteiger partial charge in [0.2, 0.25) is 0 Å². The summed E-state index contributed by atoms with van der Waals surface area (Å²) in [4.78, 5) is 18.0. The molecule has 2 unspecified atom stereocenters. The molecule has 0 radical (unpaired) electrons. The van der Waals surface area contributed by atoms with Crippen molar-refractivity contribution in [2.45, 2.75) is 13.5 Å². The van der Waals surface area contributed by atoms with Gasteiger partial charge in [-0.15, -0.1) is 0 Å². The van der Waals surface area contributed by atoms with Crippen molar-refractivity contribution in [2.24, 2.45) is 16.8 Å². The lowest BCUT2D eigenvalue weighted by atomic mass is 9.99. The third-order valence-electron chi connectivity index (χ3n) is 4.07. The molecular formula is C16H21BrFN3O2. The topological polar surface area (TPSA) is 53.9 Å². The molecule has 0 bridgehead atoms. The van der Waals surface area contributed by atoms with E-state index in [1.54, 1.807) is 19.2 Å². The van der Waals surface area contributed by atoms with Crippen molar-refractivity contribution in [3.63, 3.8) is 0 Å². The highest BCUT2D eigenvalue weighted by atomic mass is 79.9. The zero-order valence-electron chi connectivity index (χ0n) is 13.5. The standard InChI is InChI=1S/C16H21BrFN3O2/c1-10-8-21(9-13(10)15(22)23-3)16(19-2)20-7-11-6-12(17)4-5-14(11)18/h4-6,10,13H,7-9H2,1-3H3,(H,19,20). The Morgan fingerprint density at radius 3 is 2.91 bits per heavy atom. The van der Waals surface area contributed by atoms with Crippen molar-refractivity contribution in [3.05, 3.63) is 34.1 Å². The van der Waals surface area contributed by atoms with Gasteiger partial charge < -0.3 is 15.0 Å². The molecule has 2 atom stereocenters. The summed E-state index contributed by atoms with van der Waals surface area (Å²) in [5.41, 5.74) is 0.553. The van der Waals surface area contributed by atoms with E-state index < -0.39 is 0 Å². The van der Waals surface area contributed by atoms with E-state index >= 15 is 0 Å². The lowest BCUT2D eigenvalue weighted by molar-refractivity contribution is -0.145. The Kier molecular flexibility index (Phi) is 5.98. The van der Waals surface area contributed by atoms with Crippen molar-refractivity contribution >= 4 is 27.9 Å². The smallest absolute Gasteiger partial charge is 0.310 e. The maximum absolute atomic E-state index is 13.8. The molecule has 1 N–H and O–H groups in total. The number of rotatable bonds is 3. The predicted molar refractivity (Wildman–Crippen MR) is 90.5 cm³/mol. The summed E-state index contributed by atoms with van der Waals surface area (Å²) in [6, 6.07) is 4.82. The van der Waals surface area contributed by atoms with E-state index in [4.69, 9.17) is 4.74 Å². The van der Waals surface area contributed by atoms with Crippen molar-refractivity contribution in [1.82, 2.24) is 10.2 Å². The number of benzene rings is 1. The Hall–Kier alpha value is -1.63. The van der Waals surface area contributed by atoms with Gasteiger partial charge in [0.05, 0.1) is 13.0 Å². The molecule has 7 heteroatoms. The fourth-order valence-corrected chi connectivity index (χ4v) is 3.19. The summed E-state index contributed by atoms with van der Waals surface area (Å²) in [5.74, 6) is 0.208. The number of hydrogen-bond donors (Lipinski definition) is 1. The summed E-state index contributed by atoms with van der Waals surface area (Å²) < 4.78 is 19.5. The van der Waals surface area contributed by atoms with Gasteiger partial charge in [0.1, 0.15) is 5.82 Å². The SMILES string of the molecule is CN=C(NCc1cc(Br)ccc1F)N1CC(C)C(C(=O)OC)C1. The molecule has 1 aromatic carbocycles. The highest BCUT2D eigenvalue weighted by Gasteiger charge is 2.36. The first-order chi connectivity index (χ1) is 11.0. The van der Waals surface area contributed by atoms with Crippen molar-refractivity contribution < 1.29 is 13.9 Å². The minimum atomic E-state index is -0.265. The average molecular weight is 386 g/mol. The maximum Gasteiger partial charge on any atom is 0.310 e. The van der Waals surface area contributed by atoms with Crippen LogP contribution in [0.4, 0.5) is 4.39 Å². The van der Waals surface area contributed by atoms with E-state index in [1.165, 1.54) is 13.2 Å². The summed E-state index contributed by atoms with van der Waals surface area (Å²) in [5, 5.41) is 3.16. The number of methoxy groups -OCH3 is 1. The zero-order chi connectivity index (χ0) is 17.0. The van der Waals surface area contributed by atoms with Gasteiger partial charge >= 0.3 is 5.97 Å². The first-order valence-corrected chi connectivity index (χ1v) is 8.23. The summed E-state index contributed by atoms with van der Waals surface area (Å²) in [7, 11) is 3.08. The molecule has 0 spiro atoms. The van der Waals surface area contributed by atoms with Gasteiger partial charge in [-0.05, 0) is 24.1 Å². The van der Waals surface area contributed by atoms with E-state index in [0.29, 0.717) is 31.2 Å². The van der Waals surface area contributed by atoms with Gasteiger partial charge in [-0.3, -0.25) is 9.79 Å². The number of ether oxygens (including phenoxy) is 1. The number of nitrogens with one attached hydrogen (secondary N) is 1. The van der Waals surface area contributed by atoms with Crippen LogP contribution in [-0.2, 0) is 16.1 Å². The molecule has 2 rings (SSSR count). The van der Waals surface area contributed by atoms with Gasteiger partial charge in [-0.1, -0.05) is 22.9 Å². The van der Waals surface area contributed by atoms with E-state index in [1.807, 2.05) is 11.8 Å². The van der Waals surface area contributed by atoms with E-state index in [2.05, 4.69) is 26.2 Å². The lowest BCUT2D eigenvalue weighted by Gasteiger charge is -2.21. The van der Waals surface area contributed by atoms with Crippen LogP contribution in [0, 0.1) is 17.7 Å². The predicted octanol–water partition coefficient (Wildman–Crippen LogP) is 2.40. The van der Waals surface area contributed by atoms with Crippen LogP contribution in [0.2, 0.25) is 0 Å².